The van der Waals surface area contributed by atoms with Crippen LogP contribution < -0.4 is 0 Å². The van der Waals surface area contributed by atoms with Crippen LogP contribution in [0.25, 0.3) is 0 Å². The number of nitrogens with zero attached hydrogens (tertiary/aromatic N) is 1. The number of hydrogen-bond donors (Lipinski definition) is 1. The van der Waals surface area contributed by atoms with Gasteiger partial charge in [-0.15, -0.1) is 0 Å². The fourth-order valence-corrected chi connectivity index (χ4v) is 3.52. The molecule has 2 rings (SSSR count). The minimum atomic E-state index is -0.528. The summed E-state index contributed by atoms with van der Waals surface area (Å²) in [6, 6.07) is 0.766. The summed E-state index contributed by atoms with van der Waals surface area (Å²) in [5.41, 5.74) is -0.528. The van der Waals surface area contributed by atoms with Crippen LogP contribution in [-0.4, -0.2) is 34.7 Å². The van der Waals surface area contributed by atoms with Gasteiger partial charge >= 0.3 is 0 Å². The van der Waals surface area contributed by atoms with Gasteiger partial charge in [-0.25, -0.2) is 0 Å². The third-order valence-corrected chi connectivity index (χ3v) is 5.13. The molecule has 0 spiro atoms. The van der Waals surface area contributed by atoms with Crippen molar-refractivity contribution in [3.8, 4) is 0 Å². The van der Waals surface area contributed by atoms with Crippen molar-refractivity contribution in [2.24, 2.45) is 11.8 Å². The second-order valence-electron chi connectivity index (χ2n) is 6.74. The molecule has 0 aromatic carbocycles. The summed E-state index contributed by atoms with van der Waals surface area (Å²) in [6.07, 6.45) is 8.35. The third kappa shape index (κ3) is 3.03. The Bertz CT molecular complexity index is 247. The first-order chi connectivity index (χ1) is 8.00. The number of aliphatic hydroxyl groups is 1. The predicted molar refractivity (Wildman–Crippen MR) is 72.0 cm³/mol. The number of likely N-dealkylation sites (tertiary alicyclic amines) is 1. The van der Waals surface area contributed by atoms with Gasteiger partial charge in [0.15, 0.2) is 0 Å². The van der Waals surface area contributed by atoms with Gasteiger partial charge in [-0.2, -0.15) is 0 Å². The number of fused-ring (bicyclic) bond motifs is 1. The Morgan fingerprint density at radius 1 is 1.18 bits per heavy atom. The van der Waals surface area contributed by atoms with Crippen LogP contribution in [-0.2, 0) is 0 Å². The van der Waals surface area contributed by atoms with Crippen molar-refractivity contribution in [3.63, 3.8) is 0 Å². The zero-order valence-corrected chi connectivity index (χ0v) is 11.8. The van der Waals surface area contributed by atoms with Crippen molar-refractivity contribution in [2.45, 2.75) is 70.9 Å². The van der Waals surface area contributed by atoms with Gasteiger partial charge in [0.25, 0.3) is 0 Å². The van der Waals surface area contributed by atoms with E-state index in [2.05, 4.69) is 18.7 Å². The Morgan fingerprint density at radius 2 is 1.82 bits per heavy atom. The molecule has 2 aliphatic rings. The minimum absolute atomic E-state index is 0.339. The summed E-state index contributed by atoms with van der Waals surface area (Å²) >= 11 is 0. The van der Waals surface area contributed by atoms with E-state index < -0.39 is 5.60 Å². The van der Waals surface area contributed by atoms with E-state index in [0.717, 1.165) is 18.5 Å². The van der Waals surface area contributed by atoms with Gasteiger partial charge < -0.3 is 5.11 Å². The largest absolute Gasteiger partial charge is 0.389 e. The van der Waals surface area contributed by atoms with E-state index in [1.54, 1.807) is 0 Å². The van der Waals surface area contributed by atoms with E-state index in [1.807, 2.05) is 6.92 Å². The number of hydrogen-bond acceptors (Lipinski definition) is 2. The highest BCUT2D eigenvalue weighted by Crippen LogP contribution is 2.36. The maximum atomic E-state index is 10.5. The lowest BCUT2D eigenvalue weighted by Gasteiger charge is -2.47. The van der Waals surface area contributed by atoms with Crippen molar-refractivity contribution < 1.29 is 5.11 Å². The Hall–Kier alpha value is -0.0800. The lowest BCUT2D eigenvalue weighted by Crippen LogP contribution is -2.53. The maximum absolute atomic E-state index is 10.5. The third-order valence-electron chi connectivity index (χ3n) is 5.13. The second-order valence-corrected chi connectivity index (χ2v) is 6.74. The molecule has 2 fully saturated rings. The van der Waals surface area contributed by atoms with E-state index >= 15 is 0 Å². The molecule has 0 amide bonds. The van der Waals surface area contributed by atoms with Crippen LogP contribution in [0.1, 0.15) is 59.3 Å². The van der Waals surface area contributed by atoms with Gasteiger partial charge in [0.1, 0.15) is 0 Å². The Morgan fingerprint density at radius 3 is 2.53 bits per heavy atom. The molecule has 2 nitrogen and oxygen atoms in total. The smallest absolute Gasteiger partial charge is 0.0768 e. The van der Waals surface area contributed by atoms with Gasteiger partial charge in [-0.1, -0.05) is 26.7 Å². The number of β-amino-alcohol motifs (C(OH)–C–C–N with tert-alkyl or cyclic N) is 1. The highest BCUT2D eigenvalue weighted by molar-refractivity contribution is 4.91. The summed E-state index contributed by atoms with van der Waals surface area (Å²) in [6.45, 7) is 8.32. The van der Waals surface area contributed by atoms with E-state index in [1.165, 1.54) is 45.1 Å². The topological polar surface area (TPSA) is 23.5 Å². The molecule has 0 aromatic rings. The first-order valence-corrected chi connectivity index (χ1v) is 7.47. The molecular weight excluding hydrogens is 210 g/mol. The van der Waals surface area contributed by atoms with Crippen molar-refractivity contribution in [1.82, 2.24) is 4.90 Å². The fraction of sp³-hybridized carbons (Fsp3) is 1.00. The second kappa shape index (κ2) is 5.27. The zero-order valence-electron chi connectivity index (χ0n) is 11.8. The Balaban J connectivity index is 1.99. The first kappa shape index (κ1) is 13.4. The van der Waals surface area contributed by atoms with Crippen molar-refractivity contribution in [3.05, 3.63) is 0 Å². The van der Waals surface area contributed by atoms with Gasteiger partial charge in [0.2, 0.25) is 0 Å². The van der Waals surface area contributed by atoms with Crippen molar-refractivity contribution in [1.29, 1.82) is 0 Å². The van der Waals surface area contributed by atoms with E-state index in [4.69, 9.17) is 0 Å². The molecule has 1 heterocycles. The molecule has 3 atom stereocenters. The molecule has 1 N–H and O–H groups in total. The van der Waals surface area contributed by atoms with Crippen molar-refractivity contribution >= 4 is 0 Å². The number of rotatable bonds is 3. The molecule has 100 valence electrons. The van der Waals surface area contributed by atoms with Crippen LogP contribution in [0.4, 0.5) is 0 Å². The highest BCUT2D eigenvalue weighted by Gasteiger charge is 2.37. The summed E-state index contributed by atoms with van der Waals surface area (Å²) in [5, 5.41) is 10.5. The Labute approximate surface area is 106 Å². The van der Waals surface area contributed by atoms with Crippen LogP contribution in [0, 0.1) is 11.8 Å². The molecule has 0 aromatic heterocycles. The Kier molecular flexibility index (Phi) is 4.14. The SMILES string of the molecule is CC(C)C(C)(O)CN1CCCC2CCCCC21. The van der Waals surface area contributed by atoms with Gasteiger partial charge in [0, 0.05) is 12.6 Å². The normalized spacial score (nSPS) is 34.4. The maximum Gasteiger partial charge on any atom is 0.0768 e. The quantitative estimate of drug-likeness (QED) is 0.818. The molecule has 1 saturated heterocycles. The van der Waals surface area contributed by atoms with Crippen LogP contribution >= 0.6 is 0 Å². The van der Waals surface area contributed by atoms with E-state index in [0.29, 0.717) is 5.92 Å². The molecule has 0 radical (unpaired) electrons. The molecule has 17 heavy (non-hydrogen) atoms. The lowest BCUT2D eigenvalue weighted by atomic mass is 9.77. The highest BCUT2D eigenvalue weighted by atomic mass is 16.3. The van der Waals surface area contributed by atoms with Gasteiger partial charge in [-0.05, 0) is 51.0 Å². The molecule has 1 aliphatic heterocycles. The van der Waals surface area contributed by atoms with Crippen LogP contribution in [0.2, 0.25) is 0 Å². The lowest BCUT2D eigenvalue weighted by molar-refractivity contribution is -0.0519. The number of piperidine rings is 1. The fourth-order valence-electron chi connectivity index (χ4n) is 3.52. The molecule has 0 bridgehead atoms. The monoisotopic (exact) mass is 239 g/mol. The molecule has 1 aliphatic carbocycles. The van der Waals surface area contributed by atoms with E-state index in [9.17, 15) is 5.11 Å². The average Bonchev–Trinajstić information content (AvgIpc) is 2.29. The summed E-state index contributed by atoms with van der Waals surface area (Å²) in [7, 11) is 0. The van der Waals surface area contributed by atoms with Crippen molar-refractivity contribution in [2.75, 3.05) is 13.1 Å². The van der Waals surface area contributed by atoms with Gasteiger partial charge in [-0.3, -0.25) is 4.90 Å². The molecular formula is C15H29NO. The minimum Gasteiger partial charge on any atom is -0.389 e. The van der Waals surface area contributed by atoms with E-state index in [-0.39, 0.29) is 0 Å². The molecule has 1 saturated carbocycles. The summed E-state index contributed by atoms with van der Waals surface area (Å²) < 4.78 is 0. The average molecular weight is 239 g/mol. The summed E-state index contributed by atoms with van der Waals surface area (Å²) in [5.74, 6) is 1.26. The van der Waals surface area contributed by atoms with Crippen LogP contribution in [0.5, 0.6) is 0 Å². The van der Waals surface area contributed by atoms with Crippen LogP contribution in [0.15, 0.2) is 0 Å². The zero-order chi connectivity index (χ0) is 12.5. The summed E-state index contributed by atoms with van der Waals surface area (Å²) in [4.78, 5) is 2.59. The van der Waals surface area contributed by atoms with Gasteiger partial charge in [0.05, 0.1) is 5.60 Å². The first-order valence-electron chi connectivity index (χ1n) is 7.47. The standard InChI is InChI=1S/C15H29NO/c1-12(2)15(3,17)11-16-10-6-8-13-7-4-5-9-14(13)16/h12-14,17H,4-11H2,1-3H3. The molecule has 2 heteroatoms. The molecule has 3 unspecified atom stereocenters. The predicted octanol–water partition coefficient (Wildman–Crippen LogP) is 3.05. The van der Waals surface area contributed by atoms with Crippen LogP contribution in [0.3, 0.4) is 0 Å².